The molecule has 1 N–H and O–H groups in total. The van der Waals surface area contributed by atoms with E-state index in [1.54, 1.807) is 0 Å². The van der Waals surface area contributed by atoms with Gasteiger partial charge in [-0.3, -0.25) is 9.59 Å². The van der Waals surface area contributed by atoms with Gasteiger partial charge in [0.1, 0.15) is 0 Å². The van der Waals surface area contributed by atoms with Gasteiger partial charge in [0.25, 0.3) is 0 Å². The molecule has 0 heterocycles. The second kappa shape index (κ2) is 17.9. The molecular formula is C15H30O5. The lowest BCUT2D eigenvalue weighted by Crippen LogP contribution is -2.07. The Hall–Kier alpha value is -1.10. The Morgan fingerprint density at radius 2 is 1.10 bits per heavy atom. The maximum atomic E-state index is 11.2. The Balaban J connectivity index is 0. The van der Waals surface area contributed by atoms with E-state index in [0.717, 1.165) is 32.8 Å². The summed E-state index contributed by atoms with van der Waals surface area (Å²) in [6, 6.07) is 0. The average Bonchev–Trinajstić information content (AvgIpc) is 2.46. The van der Waals surface area contributed by atoms with Gasteiger partial charge in [-0.1, -0.05) is 26.7 Å². The number of hydrogen-bond donors (Lipinski definition) is 1. The van der Waals surface area contributed by atoms with Crippen molar-refractivity contribution in [2.45, 2.75) is 65.2 Å². The molecule has 0 bridgehead atoms. The van der Waals surface area contributed by atoms with Crippen LogP contribution in [0.1, 0.15) is 65.2 Å². The van der Waals surface area contributed by atoms with Crippen LogP contribution in [0.15, 0.2) is 0 Å². The van der Waals surface area contributed by atoms with E-state index in [-0.39, 0.29) is 11.9 Å². The summed E-state index contributed by atoms with van der Waals surface area (Å²) in [6.45, 7) is 5.12. The van der Waals surface area contributed by atoms with Crippen LogP contribution in [0.2, 0.25) is 0 Å². The molecule has 0 aliphatic carbocycles. The highest BCUT2D eigenvalue weighted by atomic mass is 16.5. The van der Waals surface area contributed by atoms with Crippen LogP contribution in [-0.4, -0.2) is 37.4 Å². The third-order valence-corrected chi connectivity index (χ3v) is 2.53. The van der Waals surface area contributed by atoms with Gasteiger partial charge < -0.3 is 14.6 Å². The number of hydrogen-bond acceptors (Lipinski definition) is 5. The molecule has 0 spiro atoms. The van der Waals surface area contributed by atoms with Crippen LogP contribution in [0.5, 0.6) is 0 Å². The van der Waals surface area contributed by atoms with Crippen LogP contribution in [0, 0.1) is 0 Å². The molecule has 0 atom stereocenters. The first-order chi connectivity index (χ1) is 9.70. The highest BCUT2D eigenvalue weighted by molar-refractivity contribution is 5.70. The van der Waals surface area contributed by atoms with Crippen molar-refractivity contribution in [3.8, 4) is 0 Å². The summed E-state index contributed by atoms with van der Waals surface area (Å²) in [5.41, 5.74) is 0. The first-order valence-corrected chi connectivity index (χ1v) is 7.46. The van der Waals surface area contributed by atoms with Crippen LogP contribution in [-0.2, 0) is 19.1 Å². The molecule has 0 radical (unpaired) electrons. The van der Waals surface area contributed by atoms with E-state index in [9.17, 15) is 9.59 Å². The van der Waals surface area contributed by atoms with Crippen molar-refractivity contribution in [2.24, 2.45) is 0 Å². The van der Waals surface area contributed by atoms with E-state index in [2.05, 4.69) is 13.8 Å². The molecule has 20 heavy (non-hydrogen) atoms. The summed E-state index contributed by atoms with van der Waals surface area (Å²) in [4.78, 5) is 22.5. The minimum atomic E-state index is -0.164. The molecule has 0 unspecified atom stereocenters. The molecule has 0 aromatic carbocycles. The number of esters is 2. The minimum Gasteiger partial charge on any atom is -0.466 e. The molecule has 120 valence electrons. The maximum absolute atomic E-state index is 11.2. The Morgan fingerprint density at radius 1 is 0.750 bits per heavy atom. The summed E-state index contributed by atoms with van der Waals surface area (Å²) in [6.07, 6.45) is 6.04. The van der Waals surface area contributed by atoms with Crippen LogP contribution in [0.4, 0.5) is 0 Å². The lowest BCUT2D eigenvalue weighted by atomic mass is 10.2. The predicted molar refractivity (Wildman–Crippen MR) is 78.3 cm³/mol. The zero-order valence-corrected chi connectivity index (χ0v) is 13.2. The van der Waals surface area contributed by atoms with Crippen molar-refractivity contribution in [1.82, 2.24) is 0 Å². The summed E-state index contributed by atoms with van der Waals surface area (Å²) in [7, 11) is 1.00. The molecule has 0 rings (SSSR count). The summed E-state index contributed by atoms with van der Waals surface area (Å²) >= 11 is 0. The standard InChI is InChI=1S/C14H26O4.CH4O/c1-3-5-11-17-13(15)9-7-8-10-14(16)18-12-6-4-2;1-2/h3-12H2,1-2H3;2H,1H3. The molecule has 0 saturated carbocycles. The van der Waals surface area contributed by atoms with Crippen molar-refractivity contribution in [3.05, 3.63) is 0 Å². The maximum Gasteiger partial charge on any atom is 0.305 e. The van der Waals surface area contributed by atoms with E-state index >= 15 is 0 Å². The van der Waals surface area contributed by atoms with Gasteiger partial charge in [-0.05, 0) is 25.7 Å². The van der Waals surface area contributed by atoms with Crippen molar-refractivity contribution in [2.75, 3.05) is 20.3 Å². The fraction of sp³-hybridized carbons (Fsp3) is 0.867. The smallest absolute Gasteiger partial charge is 0.305 e. The fourth-order valence-corrected chi connectivity index (χ4v) is 1.34. The first kappa shape index (κ1) is 21.2. The van der Waals surface area contributed by atoms with Gasteiger partial charge in [0.15, 0.2) is 0 Å². The van der Waals surface area contributed by atoms with Gasteiger partial charge in [0, 0.05) is 20.0 Å². The van der Waals surface area contributed by atoms with Gasteiger partial charge in [0.05, 0.1) is 13.2 Å². The van der Waals surface area contributed by atoms with E-state index in [4.69, 9.17) is 14.6 Å². The van der Waals surface area contributed by atoms with Crippen molar-refractivity contribution in [1.29, 1.82) is 0 Å². The molecule has 0 amide bonds. The average molecular weight is 290 g/mol. The second-order valence-corrected chi connectivity index (χ2v) is 4.36. The Bertz CT molecular complexity index is 204. The monoisotopic (exact) mass is 290 g/mol. The normalized spacial score (nSPS) is 9.40. The number of carbonyl (C=O) groups is 2. The van der Waals surface area contributed by atoms with Gasteiger partial charge in [-0.15, -0.1) is 0 Å². The highest BCUT2D eigenvalue weighted by Gasteiger charge is 2.05. The number of unbranched alkanes of at least 4 members (excludes halogenated alkanes) is 3. The minimum absolute atomic E-state index is 0.164. The van der Waals surface area contributed by atoms with Crippen LogP contribution in [0.3, 0.4) is 0 Å². The van der Waals surface area contributed by atoms with E-state index in [0.29, 0.717) is 38.9 Å². The third kappa shape index (κ3) is 16.9. The number of ether oxygens (including phenoxy) is 2. The van der Waals surface area contributed by atoms with Gasteiger partial charge in [-0.25, -0.2) is 0 Å². The second-order valence-electron chi connectivity index (χ2n) is 4.36. The Morgan fingerprint density at radius 3 is 1.40 bits per heavy atom. The summed E-state index contributed by atoms with van der Waals surface area (Å²) < 4.78 is 10.0. The predicted octanol–water partition coefficient (Wildman–Crippen LogP) is 2.84. The van der Waals surface area contributed by atoms with Crippen molar-refractivity contribution < 1.29 is 24.2 Å². The zero-order chi connectivity index (χ0) is 15.6. The number of rotatable bonds is 11. The van der Waals surface area contributed by atoms with Crippen LogP contribution < -0.4 is 0 Å². The number of carbonyl (C=O) groups excluding carboxylic acids is 2. The Labute approximate surface area is 122 Å². The molecule has 0 saturated heterocycles. The molecule has 0 aliphatic rings. The van der Waals surface area contributed by atoms with Gasteiger partial charge in [0.2, 0.25) is 0 Å². The zero-order valence-electron chi connectivity index (χ0n) is 13.2. The molecule has 0 fully saturated rings. The number of aliphatic hydroxyl groups excluding tert-OH is 1. The lowest BCUT2D eigenvalue weighted by molar-refractivity contribution is -0.146. The molecule has 0 aliphatic heterocycles. The third-order valence-electron chi connectivity index (χ3n) is 2.53. The van der Waals surface area contributed by atoms with Crippen LogP contribution in [0.25, 0.3) is 0 Å². The molecule has 5 nitrogen and oxygen atoms in total. The molecular weight excluding hydrogens is 260 g/mol. The van der Waals surface area contributed by atoms with Gasteiger partial charge in [-0.2, -0.15) is 0 Å². The van der Waals surface area contributed by atoms with Crippen molar-refractivity contribution in [3.63, 3.8) is 0 Å². The van der Waals surface area contributed by atoms with Gasteiger partial charge >= 0.3 is 11.9 Å². The molecule has 0 aromatic rings. The largest absolute Gasteiger partial charge is 0.466 e. The fourth-order valence-electron chi connectivity index (χ4n) is 1.34. The van der Waals surface area contributed by atoms with E-state index in [1.165, 1.54) is 0 Å². The lowest BCUT2D eigenvalue weighted by Gasteiger charge is -2.04. The van der Waals surface area contributed by atoms with E-state index < -0.39 is 0 Å². The first-order valence-electron chi connectivity index (χ1n) is 7.46. The molecule has 0 aromatic heterocycles. The SMILES string of the molecule is CCCCOC(=O)CCCCC(=O)OCCCC.CO. The summed E-state index contributed by atoms with van der Waals surface area (Å²) in [5.74, 6) is -0.328. The molecule has 5 heteroatoms. The van der Waals surface area contributed by atoms with Crippen molar-refractivity contribution >= 4 is 11.9 Å². The topological polar surface area (TPSA) is 72.8 Å². The summed E-state index contributed by atoms with van der Waals surface area (Å²) in [5, 5.41) is 7.00. The quantitative estimate of drug-likeness (QED) is 0.468. The number of aliphatic hydroxyl groups is 1. The highest BCUT2D eigenvalue weighted by Crippen LogP contribution is 2.04. The van der Waals surface area contributed by atoms with E-state index in [1.807, 2.05) is 0 Å². The van der Waals surface area contributed by atoms with Crippen LogP contribution >= 0.6 is 0 Å². The Kier molecular flexibility index (Phi) is 19.0.